The van der Waals surface area contributed by atoms with E-state index in [1.807, 2.05) is 24.3 Å². The number of carbonyl (C=O) groups is 1. The van der Waals surface area contributed by atoms with E-state index in [9.17, 15) is 14.0 Å². The van der Waals surface area contributed by atoms with Crippen molar-refractivity contribution in [3.8, 4) is 0 Å². The van der Waals surface area contributed by atoms with E-state index < -0.39 is 17.8 Å². The van der Waals surface area contributed by atoms with E-state index in [0.717, 1.165) is 10.0 Å². The average molecular weight is 487 g/mol. The van der Waals surface area contributed by atoms with Crippen molar-refractivity contribution in [1.29, 1.82) is 0 Å². The highest BCUT2D eigenvalue weighted by Gasteiger charge is 2.33. The minimum atomic E-state index is -0.751. The molecule has 1 atom stereocenters. The molecular formula is C22H16BrFN2O3S. The van der Waals surface area contributed by atoms with Crippen molar-refractivity contribution in [2.75, 3.05) is 7.11 Å². The van der Waals surface area contributed by atoms with Crippen LogP contribution in [0.1, 0.15) is 24.1 Å². The summed E-state index contributed by atoms with van der Waals surface area (Å²) in [5, 5.41) is 0. The number of ether oxygens (including phenoxy) is 1. The molecule has 8 heteroatoms. The van der Waals surface area contributed by atoms with Gasteiger partial charge in [-0.1, -0.05) is 51.5 Å². The normalized spacial score (nSPS) is 16.3. The van der Waals surface area contributed by atoms with Gasteiger partial charge in [0.25, 0.3) is 5.56 Å². The quantitative estimate of drug-likeness (QED) is 0.533. The lowest BCUT2D eigenvalue weighted by atomic mass is 9.96. The number of halogens is 2. The van der Waals surface area contributed by atoms with E-state index in [0.29, 0.717) is 20.6 Å². The highest BCUT2D eigenvalue weighted by molar-refractivity contribution is 9.10. The van der Waals surface area contributed by atoms with Gasteiger partial charge in [-0.2, -0.15) is 0 Å². The van der Waals surface area contributed by atoms with Gasteiger partial charge in [-0.3, -0.25) is 9.36 Å². The van der Waals surface area contributed by atoms with E-state index in [1.54, 1.807) is 25.1 Å². The van der Waals surface area contributed by atoms with Crippen molar-refractivity contribution >= 4 is 39.3 Å². The first kappa shape index (κ1) is 20.4. The van der Waals surface area contributed by atoms with Crippen LogP contribution in [0.2, 0.25) is 0 Å². The summed E-state index contributed by atoms with van der Waals surface area (Å²) in [4.78, 5) is 30.8. The predicted octanol–water partition coefficient (Wildman–Crippen LogP) is 3.31. The van der Waals surface area contributed by atoms with E-state index in [2.05, 4.69) is 20.9 Å². The van der Waals surface area contributed by atoms with E-state index in [-0.39, 0.29) is 11.1 Å². The molecule has 0 radical (unpaired) electrons. The van der Waals surface area contributed by atoms with Crippen molar-refractivity contribution < 1.29 is 13.9 Å². The molecule has 0 fully saturated rings. The number of hydrogen-bond acceptors (Lipinski definition) is 5. The number of rotatable bonds is 3. The topological polar surface area (TPSA) is 60.7 Å². The third-order valence-electron chi connectivity index (χ3n) is 4.76. The van der Waals surface area contributed by atoms with Gasteiger partial charge < -0.3 is 4.74 Å². The maximum Gasteiger partial charge on any atom is 0.338 e. The number of nitrogens with zero attached hydrogens (tertiary/aromatic N) is 2. The molecule has 3 aromatic rings. The molecule has 1 unspecified atom stereocenters. The molecular weight excluding hydrogens is 471 g/mol. The molecule has 0 bridgehead atoms. The highest BCUT2D eigenvalue weighted by atomic mass is 79.9. The third kappa shape index (κ3) is 3.68. The molecule has 1 aliphatic rings. The monoisotopic (exact) mass is 486 g/mol. The van der Waals surface area contributed by atoms with Crippen LogP contribution in [0.15, 0.2) is 74.1 Å². The largest absolute Gasteiger partial charge is 0.466 e. The Bertz CT molecular complexity index is 1360. The molecule has 1 aromatic heterocycles. The van der Waals surface area contributed by atoms with Gasteiger partial charge in [0, 0.05) is 4.47 Å². The van der Waals surface area contributed by atoms with Gasteiger partial charge in [0.1, 0.15) is 5.82 Å². The lowest BCUT2D eigenvalue weighted by Gasteiger charge is -2.24. The summed E-state index contributed by atoms with van der Waals surface area (Å²) in [5.41, 5.74) is 1.90. The third-order valence-corrected chi connectivity index (χ3v) is 6.24. The van der Waals surface area contributed by atoms with Crippen molar-refractivity contribution in [3.05, 3.63) is 101 Å². The Balaban J connectivity index is 1.98. The summed E-state index contributed by atoms with van der Waals surface area (Å²) in [5.74, 6) is -0.979. The second-order valence-electron chi connectivity index (χ2n) is 6.68. The van der Waals surface area contributed by atoms with Crippen molar-refractivity contribution in [3.63, 3.8) is 0 Å². The number of fused-ring (bicyclic) bond motifs is 1. The van der Waals surface area contributed by atoms with Gasteiger partial charge in [0.05, 0.1) is 29.0 Å². The van der Waals surface area contributed by atoms with E-state index >= 15 is 0 Å². The summed E-state index contributed by atoms with van der Waals surface area (Å²) in [7, 11) is 1.28. The van der Waals surface area contributed by atoms with Crippen LogP contribution in [0.3, 0.4) is 0 Å². The number of carbonyl (C=O) groups excluding carboxylic acids is 1. The molecule has 0 amide bonds. The van der Waals surface area contributed by atoms with Gasteiger partial charge in [-0.15, -0.1) is 0 Å². The summed E-state index contributed by atoms with van der Waals surface area (Å²) in [6, 6.07) is 12.6. The number of methoxy groups -OCH3 is 1. The molecule has 0 saturated heterocycles. The fourth-order valence-electron chi connectivity index (χ4n) is 3.40. The van der Waals surface area contributed by atoms with Gasteiger partial charge in [0.2, 0.25) is 0 Å². The Labute approximate surface area is 183 Å². The summed E-state index contributed by atoms with van der Waals surface area (Å²) in [6.07, 6.45) is 1.79. The van der Waals surface area contributed by atoms with Crippen LogP contribution in [0.4, 0.5) is 4.39 Å². The minimum absolute atomic E-state index is 0.255. The Hall–Kier alpha value is -2.84. The molecule has 5 nitrogen and oxygen atoms in total. The first-order chi connectivity index (χ1) is 14.4. The molecule has 0 spiro atoms. The SMILES string of the molecule is COC(=O)C1=C(C)N=c2sc(=Cc3cccc(Br)c3)c(=O)n2C1c1ccc(F)cc1. The summed E-state index contributed by atoms with van der Waals surface area (Å²) >= 11 is 4.67. The lowest BCUT2D eigenvalue weighted by Crippen LogP contribution is -2.39. The van der Waals surface area contributed by atoms with Crippen LogP contribution in [0.5, 0.6) is 0 Å². The predicted molar refractivity (Wildman–Crippen MR) is 116 cm³/mol. The number of allylic oxidation sites excluding steroid dienone is 1. The van der Waals surface area contributed by atoms with Crippen LogP contribution in [-0.4, -0.2) is 17.6 Å². The number of thiazole rings is 1. The lowest BCUT2D eigenvalue weighted by molar-refractivity contribution is -0.136. The zero-order valence-corrected chi connectivity index (χ0v) is 18.5. The molecule has 2 aromatic carbocycles. The number of benzene rings is 2. The molecule has 0 saturated carbocycles. The van der Waals surface area contributed by atoms with Gasteiger partial charge >= 0.3 is 5.97 Å². The van der Waals surface area contributed by atoms with E-state index in [4.69, 9.17) is 4.74 Å². The number of esters is 1. The number of hydrogen-bond donors (Lipinski definition) is 0. The Kier molecular flexibility index (Phi) is 5.53. The van der Waals surface area contributed by atoms with Crippen molar-refractivity contribution in [1.82, 2.24) is 4.57 Å². The maximum atomic E-state index is 13.5. The van der Waals surface area contributed by atoms with Gasteiger partial charge in [-0.25, -0.2) is 14.2 Å². The molecule has 0 aliphatic carbocycles. The first-order valence-electron chi connectivity index (χ1n) is 9.01. The smallest absolute Gasteiger partial charge is 0.338 e. The van der Waals surface area contributed by atoms with Crippen LogP contribution < -0.4 is 14.9 Å². The fraction of sp³-hybridized carbons (Fsp3) is 0.136. The molecule has 1 aliphatic heterocycles. The minimum Gasteiger partial charge on any atom is -0.466 e. The molecule has 2 heterocycles. The zero-order chi connectivity index (χ0) is 21.4. The molecule has 152 valence electrons. The van der Waals surface area contributed by atoms with Crippen molar-refractivity contribution in [2.45, 2.75) is 13.0 Å². The second-order valence-corrected chi connectivity index (χ2v) is 8.60. The first-order valence-corrected chi connectivity index (χ1v) is 10.6. The van der Waals surface area contributed by atoms with Crippen LogP contribution in [-0.2, 0) is 9.53 Å². The molecule has 0 N–H and O–H groups in total. The molecule has 30 heavy (non-hydrogen) atoms. The molecule has 4 rings (SSSR count). The summed E-state index contributed by atoms with van der Waals surface area (Å²) < 4.78 is 21.3. The van der Waals surface area contributed by atoms with Crippen LogP contribution in [0, 0.1) is 5.82 Å². The standard InChI is InChI=1S/C22H16BrFN2O3S/c1-12-18(21(28)29-2)19(14-6-8-16(24)9-7-14)26-20(27)17(30-22(26)25-12)11-13-4-3-5-15(23)10-13/h3-11,19H,1-2H3. The highest BCUT2D eigenvalue weighted by Crippen LogP contribution is 2.30. The van der Waals surface area contributed by atoms with E-state index in [1.165, 1.54) is 35.1 Å². The second kappa shape index (κ2) is 8.12. The van der Waals surface area contributed by atoms with Crippen molar-refractivity contribution in [2.24, 2.45) is 4.99 Å². The van der Waals surface area contributed by atoms with Crippen LogP contribution >= 0.6 is 27.3 Å². The zero-order valence-electron chi connectivity index (χ0n) is 16.1. The van der Waals surface area contributed by atoms with Gasteiger partial charge in [0.15, 0.2) is 4.80 Å². The van der Waals surface area contributed by atoms with Crippen LogP contribution in [0.25, 0.3) is 6.08 Å². The maximum absolute atomic E-state index is 13.5. The Morgan fingerprint density at radius 2 is 2.00 bits per heavy atom. The number of aromatic nitrogens is 1. The van der Waals surface area contributed by atoms with Gasteiger partial charge in [-0.05, 0) is 48.4 Å². The average Bonchev–Trinajstić information content (AvgIpc) is 3.02. The summed E-state index contributed by atoms with van der Waals surface area (Å²) in [6.45, 7) is 1.70. The Morgan fingerprint density at radius 3 is 2.67 bits per heavy atom. The fourth-order valence-corrected chi connectivity index (χ4v) is 4.86. The Morgan fingerprint density at radius 1 is 1.27 bits per heavy atom.